The fourth-order valence-corrected chi connectivity index (χ4v) is 13.4. The number of hydrogen-bond acceptors (Lipinski definition) is 28. The van der Waals surface area contributed by atoms with Crippen LogP contribution in [0.1, 0.15) is 69.5 Å². The van der Waals surface area contributed by atoms with E-state index >= 15 is 0 Å². The van der Waals surface area contributed by atoms with Crippen LogP contribution in [0.25, 0.3) is 22.3 Å². The first kappa shape index (κ1) is 60.3. The number of ether oxygens (including phenoxy) is 4. The summed E-state index contributed by atoms with van der Waals surface area (Å²) in [6, 6.07) is 1.29. The number of aryl methyl sites for hydroxylation is 1. The molecule has 10 heterocycles. The van der Waals surface area contributed by atoms with Crippen LogP contribution in [0.15, 0.2) is 56.6 Å². The molecule has 4 aliphatic heterocycles. The molecule has 38 nitrogen and oxygen atoms in total. The number of aromatic amines is 2. The molecule has 6 aromatic rings. The van der Waals surface area contributed by atoms with Crippen molar-refractivity contribution in [3.05, 3.63) is 84.7 Å². The van der Waals surface area contributed by atoms with Crippen molar-refractivity contribution in [2.75, 3.05) is 43.7 Å². The lowest BCUT2D eigenvalue weighted by Gasteiger charge is -2.25. The number of imidazole rings is 2. The summed E-state index contributed by atoms with van der Waals surface area (Å²) in [6.07, 6.45) is -10.1. The lowest BCUT2D eigenvalue weighted by Crippen LogP contribution is -2.33. The topological polar surface area (TPSA) is 526 Å². The molecule has 4 fully saturated rings. The average molecular weight is 1250 g/mol. The second-order valence-electron chi connectivity index (χ2n) is 19.4. The summed E-state index contributed by atoms with van der Waals surface area (Å²) in [4.78, 5) is 123. The SMILES string of the molecule is CC[C@H]1O[C@@H](n2cc(C)c(=O)[nH]c2=O)C[C@H]1OP(=O)(O)OC[C@H]1O[C@@H](n2cnc3c(N)ncnc32)C[C@H]1OP(=O)(O)OC[C@H]1O[C@@H](n2cnc3c(=O)[nH]c(N)nc32)C[C@H]1OP(=O)(O)OC[C@H]1O[C@@H](n2ccc(N)nc2=O)C[C@H]1OP(C)(=O)O. The highest BCUT2D eigenvalue weighted by atomic mass is 31.2. The molecule has 16 atom stereocenters. The third kappa shape index (κ3) is 13.7. The summed E-state index contributed by atoms with van der Waals surface area (Å²) in [6.45, 7) is 1.42. The number of phosphoric ester groups is 3. The van der Waals surface area contributed by atoms with Gasteiger partial charge in [0.15, 0.2) is 22.6 Å². The number of H-pyrrole nitrogens is 2. The third-order valence-corrected chi connectivity index (χ3v) is 17.2. The maximum Gasteiger partial charge on any atom is 0.472 e. The summed E-state index contributed by atoms with van der Waals surface area (Å²) < 4.78 is 121. The molecule has 4 aliphatic rings. The third-order valence-electron chi connectivity index (χ3n) is 13.5. The number of nitrogens with two attached hydrogens (primary N) is 3. The smallest absolute Gasteiger partial charge is 0.383 e. The van der Waals surface area contributed by atoms with Crippen LogP contribution in [-0.4, -0.2) is 153 Å². The average Bonchev–Trinajstić information content (AvgIpc) is 3.27. The van der Waals surface area contributed by atoms with Crippen LogP contribution in [0.5, 0.6) is 0 Å². The largest absolute Gasteiger partial charge is 0.472 e. The van der Waals surface area contributed by atoms with Gasteiger partial charge in [0.25, 0.3) is 11.1 Å². The molecule has 42 heteroatoms. The highest BCUT2D eigenvalue weighted by Gasteiger charge is 2.49. The number of rotatable bonds is 22. The van der Waals surface area contributed by atoms with Gasteiger partial charge in [0.1, 0.15) is 73.1 Å². The van der Waals surface area contributed by atoms with Crippen LogP contribution < -0.4 is 39.7 Å². The number of nitrogens with zero attached hydrogens (tertiary/aromatic N) is 10. The second-order valence-corrected chi connectivity index (χ2v) is 25.5. The fourth-order valence-electron chi connectivity index (χ4n) is 9.78. The van der Waals surface area contributed by atoms with Crippen molar-refractivity contribution in [3.63, 3.8) is 0 Å². The lowest BCUT2D eigenvalue weighted by atomic mass is 10.1. The molecule has 0 spiro atoms. The monoisotopic (exact) mass is 1250 g/mol. The number of aromatic nitrogens is 12. The molecule has 0 aliphatic carbocycles. The molecule has 0 bridgehead atoms. The highest BCUT2D eigenvalue weighted by Crippen LogP contribution is 2.54. The molecule has 6 aromatic heterocycles. The Morgan fingerprint density at radius 2 is 1.10 bits per heavy atom. The van der Waals surface area contributed by atoms with Crippen LogP contribution in [-0.2, 0) is 68.9 Å². The van der Waals surface area contributed by atoms with E-state index in [1.165, 1.54) is 40.8 Å². The Morgan fingerprint density at radius 3 is 1.63 bits per heavy atom. The summed E-state index contributed by atoms with van der Waals surface area (Å²) in [5, 5.41) is 0. The molecule has 452 valence electrons. The zero-order valence-electron chi connectivity index (χ0n) is 43.6. The van der Waals surface area contributed by atoms with Crippen LogP contribution in [0.3, 0.4) is 0 Å². The van der Waals surface area contributed by atoms with E-state index in [4.69, 9.17) is 67.8 Å². The zero-order chi connectivity index (χ0) is 59.5. The van der Waals surface area contributed by atoms with Crippen molar-refractivity contribution >= 4 is 71.0 Å². The van der Waals surface area contributed by atoms with Gasteiger partial charge in [-0.2, -0.15) is 9.97 Å². The minimum Gasteiger partial charge on any atom is -0.383 e. The standard InChI is InChI=1S/C41H55N15O23P4/c1-4-19-20(7-29(72-19)54-11-18(2)37(57)52-41(54)60)77-81(63,64)70-13-25-22(9-30(74-25)55-16-47-32-34(43)45-15-46-35(32)55)78-83(67,68)71-14-26-23(10-31(75-26)56-17-48-33-36(56)50-39(44)51-38(33)58)79-82(65,66)69-12-24-21(76-80(3,61)62)8-28(73-24)53-6-5-27(42)49-40(53)59/h5-6,11,15-17,19-26,28-31H,4,7-10,12-14H2,1-3H3,(H,61,62)(H,63,64)(H,65,66)(H,67,68)(H2,42,49,59)(H2,43,45,46)(H,52,57,60)(H3,44,50,51,58)/t19-,20-,21-,22-,23-,24-,25-,26-,28-,29-,30-,31-/m1/s1. The maximum absolute atomic E-state index is 14.1. The van der Waals surface area contributed by atoms with E-state index in [2.05, 4.69) is 39.9 Å². The van der Waals surface area contributed by atoms with E-state index in [-0.39, 0.29) is 71.2 Å². The Morgan fingerprint density at radius 1 is 0.614 bits per heavy atom. The summed E-state index contributed by atoms with van der Waals surface area (Å²) in [5.41, 5.74) is 14.7. The quantitative estimate of drug-likeness (QED) is 0.0407. The molecular formula is C41H55N15O23P4. The Labute approximate surface area is 464 Å². The van der Waals surface area contributed by atoms with Crippen molar-refractivity contribution < 1.29 is 88.4 Å². The Kier molecular flexibility index (Phi) is 17.1. The van der Waals surface area contributed by atoms with Crippen molar-refractivity contribution in [3.8, 4) is 0 Å². The summed E-state index contributed by atoms with van der Waals surface area (Å²) in [7, 11) is -20.0. The molecule has 83 heavy (non-hydrogen) atoms. The van der Waals surface area contributed by atoms with Gasteiger partial charge in [0, 0.05) is 50.3 Å². The van der Waals surface area contributed by atoms with Crippen molar-refractivity contribution in [1.29, 1.82) is 0 Å². The molecular weight excluding hydrogens is 1190 g/mol. The van der Waals surface area contributed by atoms with Gasteiger partial charge in [-0.25, -0.2) is 43.2 Å². The molecule has 4 saturated heterocycles. The summed E-state index contributed by atoms with van der Waals surface area (Å²) >= 11 is 0. The molecule has 12 N–H and O–H groups in total. The van der Waals surface area contributed by atoms with Crippen LogP contribution in [0.4, 0.5) is 17.6 Å². The van der Waals surface area contributed by atoms with E-state index < -0.39 is 154 Å². The van der Waals surface area contributed by atoms with Gasteiger partial charge in [0.2, 0.25) is 5.95 Å². The van der Waals surface area contributed by atoms with Crippen molar-refractivity contribution in [2.45, 2.75) is 120 Å². The normalized spacial score (nSPS) is 29.5. The highest BCUT2D eigenvalue weighted by molar-refractivity contribution is 7.52. The molecule has 4 unspecified atom stereocenters. The fraction of sp³-hybridized carbons (Fsp3) is 0.561. The minimum absolute atomic E-state index is 0.00641. The molecule has 10 rings (SSSR count). The zero-order valence-corrected chi connectivity index (χ0v) is 47.2. The van der Waals surface area contributed by atoms with E-state index in [0.29, 0.717) is 0 Å². The van der Waals surface area contributed by atoms with Crippen molar-refractivity contribution in [1.82, 2.24) is 58.1 Å². The Balaban J connectivity index is 0.855. The number of nitrogens with one attached hydrogen (secondary N) is 2. The first-order valence-electron chi connectivity index (χ1n) is 25.0. The van der Waals surface area contributed by atoms with Crippen molar-refractivity contribution in [2.24, 2.45) is 0 Å². The molecule has 0 amide bonds. The molecule has 0 radical (unpaired) electrons. The van der Waals surface area contributed by atoms with Crippen LogP contribution >= 0.6 is 31.1 Å². The van der Waals surface area contributed by atoms with Crippen LogP contribution in [0.2, 0.25) is 0 Å². The minimum atomic E-state index is -5.37. The van der Waals surface area contributed by atoms with Gasteiger partial charge in [-0.05, 0) is 19.4 Å². The Bertz CT molecular complexity index is 3850. The van der Waals surface area contributed by atoms with Gasteiger partial charge < -0.3 is 60.2 Å². The van der Waals surface area contributed by atoms with Gasteiger partial charge in [0.05, 0.1) is 50.8 Å². The predicted molar refractivity (Wildman–Crippen MR) is 278 cm³/mol. The summed E-state index contributed by atoms with van der Waals surface area (Å²) in [5.74, 6) is -0.409. The van der Waals surface area contributed by atoms with Gasteiger partial charge >= 0.3 is 42.4 Å². The Hall–Kier alpha value is -5.82. The van der Waals surface area contributed by atoms with Gasteiger partial charge in [-0.15, -0.1) is 0 Å². The molecule has 0 aromatic carbocycles. The maximum atomic E-state index is 14.1. The first-order chi connectivity index (χ1) is 39.1. The first-order valence-corrected chi connectivity index (χ1v) is 31.5. The van der Waals surface area contributed by atoms with Gasteiger partial charge in [-0.1, -0.05) is 6.92 Å². The van der Waals surface area contributed by atoms with Crippen LogP contribution in [0, 0.1) is 6.92 Å². The lowest BCUT2D eigenvalue weighted by molar-refractivity contribution is -0.0607. The van der Waals surface area contributed by atoms with E-state index in [1.54, 1.807) is 6.92 Å². The second kappa shape index (κ2) is 23.6. The number of hydrogen-bond donors (Lipinski definition) is 9. The number of phosphoric acid groups is 3. The van der Waals surface area contributed by atoms with Gasteiger partial charge in [-0.3, -0.25) is 69.5 Å². The van der Waals surface area contributed by atoms with E-state index in [9.17, 15) is 57.0 Å². The number of nitrogen functional groups attached to an aromatic ring is 3. The van der Waals surface area contributed by atoms with E-state index in [0.717, 1.165) is 28.5 Å². The number of fused-ring (bicyclic) bond motifs is 2. The predicted octanol–water partition coefficient (Wildman–Crippen LogP) is 0.0886. The van der Waals surface area contributed by atoms with E-state index in [1.807, 2.05) is 0 Å². The number of anilines is 3. The molecule has 0 saturated carbocycles.